The van der Waals surface area contributed by atoms with E-state index >= 15 is 0 Å². The van der Waals surface area contributed by atoms with Gasteiger partial charge in [-0.2, -0.15) is 5.10 Å². The van der Waals surface area contributed by atoms with Crippen LogP contribution in [0.4, 0.5) is 0 Å². The van der Waals surface area contributed by atoms with E-state index in [0.29, 0.717) is 17.0 Å². The molecule has 0 spiro atoms. The third-order valence-corrected chi connectivity index (χ3v) is 4.04. The van der Waals surface area contributed by atoms with Gasteiger partial charge in [-0.1, -0.05) is 6.07 Å². The van der Waals surface area contributed by atoms with Crippen LogP contribution >= 0.6 is 0 Å². The van der Waals surface area contributed by atoms with Crippen LogP contribution in [0.2, 0.25) is 0 Å². The number of pyridine rings is 1. The maximum Gasteiger partial charge on any atom is 0.260 e. The second kappa shape index (κ2) is 5.47. The Kier molecular flexibility index (Phi) is 3.93. The number of H-pyrrole nitrogens is 1. The summed E-state index contributed by atoms with van der Waals surface area (Å²) in [7, 11) is -3.69. The minimum atomic E-state index is -3.69. The van der Waals surface area contributed by atoms with E-state index in [0.717, 1.165) is 0 Å². The van der Waals surface area contributed by atoms with Crippen LogP contribution in [0.25, 0.3) is 0 Å². The van der Waals surface area contributed by atoms with E-state index in [4.69, 9.17) is 5.73 Å². The monoisotopic (exact) mass is 281 g/mol. The number of hydrogen-bond acceptors (Lipinski definition) is 5. The van der Waals surface area contributed by atoms with Gasteiger partial charge in [0.05, 0.1) is 12.2 Å². The van der Waals surface area contributed by atoms with Crippen molar-refractivity contribution >= 4 is 10.0 Å². The number of nitrogens with two attached hydrogens (primary N) is 1. The number of aryl methyl sites for hydroxylation is 1. The van der Waals surface area contributed by atoms with E-state index in [9.17, 15) is 8.42 Å². The average Bonchev–Trinajstić information content (AvgIpc) is 2.79. The Morgan fingerprint density at radius 3 is 2.84 bits per heavy atom. The predicted molar refractivity (Wildman–Crippen MR) is 69.5 cm³/mol. The smallest absolute Gasteiger partial charge is 0.260 e. The molecular formula is C11H15N5O2S. The molecule has 0 atom stereocenters. The van der Waals surface area contributed by atoms with Crippen LogP contribution in [0.3, 0.4) is 0 Å². The number of hydrogen-bond donors (Lipinski definition) is 3. The quantitative estimate of drug-likeness (QED) is 0.716. The van der Waals surface area contributed by atoms with Gasteiger partial charge in [0.15, 0.2) is 5.03 Å². The molecule has 0 amide bonds. The first-order valence-electron chi connectivity index (χ1n) is 5.68. The van der Waals surface area contributed by atoms with Crippen LogP contribution in [0, 0.1) is 6.92 Å². The van der Waals surface area contributed by atoms with Crippen LogP contribution in [0.15, 0.2) is 29.4 Å². The van der Waals surface area contributed by atoms with Crippen LogP contribution in [-0.2, 0) is 23.1 Å². The van der Waals surface area contributed by atoms with Crippen LogP contribution < -0.4 is 10.5 Å². The summed E-state index contributed by atoms with van der Waals surface area (Å²) >= 11 is 0. The molecule has 0 bridgehead atoms. The predicted octanol–water partition coefficient (Wildman–Crippen LogP) is 0.0503. The van der Waals surface area contributed by atoms with Crippen molar-refractivity contribution in [2.45, 2.75) is 25.0 Å². The van der Waals surface area contributed by atoms with E-state index < -0.39 is 10.0 Å². The lowest BCUT2D eigenvalue weighted by atomic mass is 10.3. The molecule has 0 unspecified atom stereocenters. The Morgan fingerprint density at radius 2 is 2.21 bits per heavy atom. The van der Waals surface area contributed by atoms with Crippen molar-refractivity contribution in [3.05, 3.63) is 41.3 Å². The zero-order chi connectivity index (χ0) is 13.9. The highest BCUT2D eigenvalue weighted by atomic mass is 32.2. The summed E-state index contributed by atoms with van der Waals surface area (Å²) in [4.78, 5) is 4.04. The summed E-state index contributed by atoms with van der Waals surface area (Å²) in [5, 5.41) is 6.37. The van der Waals surface area contributed by atoms with E-state index in [1.54, 1.807) is 31.3 Å². The fourth-order valence-corrected chi connectivity index (χ4v) is 2.83. The highest BCUT2D eigenvalue weighted by Crippen LogP contribution is 2.15. The number of nitrogens with one attached hydrogen (secondary N) is 2. The first-order valence-corrected chi connectivity index (χ1v) is 7.16. The van der Waals surface area contributed by atoms with Gasteiger partial charge in [-0.15, -0.1) is 0 Å². The lowest BCUT2D eigenvalue weighted by Gasteiger charge is -2.05. The van der Waals surface area contributed by atoms with Gasteiger partial charge in [0.25, 0.3) is 10.0 Å². The molecule has 19 heavy (non-hydrogen) atoms. The average molecular weight is 281 g/mol. The van der Waals surface area contributed by atoms with Crippen molar-refractivity contribution < 1.29 is 8.42 Å². The van der Waals surface area contributed by atoms with Crippen molar-refractivity contribution in [1.29, 1.82) is 0 Å². The molecule has 0 aliphatic rings. The summed E-state index contributed by atoms with van der Waals surface area (Å²) in [5.41, 5.74) is 7.31. The van der Waals surface area contributed by atoms with Crippen LogP contribution in [0.5, 0.6) is 0 Å². The molecule has 0 saturated heterocycles. The zero-order valence-electron chi connectivity index (χ0n) is 10.4. The van der Waals surface area contributed by atoms with E-state index in [1.165, 1.54) is 0 Å². The SMILES string of the molecule is Cc1[nH]nc(S(=O)(=O)NCc2ccccn2)c1CN. The number of aromatic nitrogens is 3. The van der Waals surface area contributed by atoms with Crippen molar-refractivity contribution in [3.63, 3.8) is 0 Å². The normalized spacial score (nSPS) is 11.7. The Labute approximate surface area is 111 Å². The summed E-state index contributed by atoms with van der Waals surface area (Å²) in [6, 6.07) is 5.30. The number of rotatable bonds is 5. The van der Waals surface area contributed by atoms with Crippen LogP contribution in [0.1, 0.15) is 17.0 Å². The summed E-state index contributed by atoms with van der Waals surface area (Å²) in [6.45, 7) is 1.95. The summed E-state index contributed by atoms with van der Waals surface area (Å²) in [5.74, 6) is 0. The first-order chi connectivity index (χ1) is 9.04. The lowest BCUT2D eigenvalue weighted by Crippen LogP contribution is -2.25. The highest BCUT2D eigenvalue weighted by Gasteiger charge is 2.22. The second-order valence-electron chi connectivity index (χ2n) is 3.98. The van der Waals surface area contributed by atoms with Crippen LogP contribution in [-0.4, -0.2) is 23.6 Å². The molecule has 0 aliphatic carbocycles. The molecule has 0 saturated carbocycles. The number of sulfonamides is 1. The largest absolute Gasteiger partial charge is 0.326 e. The lowest BCUT2D eigenvalue weighted by molar-refractivity contribution is 0.574. The Balaban J connectivity index is 2.19. The molecule has 102 valence electrons. The molecule has 0 fully saturated rings. The van der Waals surface area contributed by atoms with Crippen molar-refractivity contribution in [3.8, 4) is 0 Å². The molecule has 2 aromatic rings. The second-order valence-corrected chi connectivity index (χ2v) is 5.66. The third kappa shape index (κ3) is 2.98. The molecule has 2 heterocycles. The van der Waals surface area contributed by atoms with Crippen molar-refractivity contribution in [1.82, 2.24) is 19.9 Å². The van der Waals surface area contributed by atoms with Gasteiger partial charge in [0.2, 0.25) is 0 Å². The Bertz CT molecular complexity index is 651. The molecule has 4 N–H and O–H groups in total. The maximum atomic E-state index is 12.1. The van der Waals surface area contributed by atoms with Gasteiger partial charge in [0.1, 0.15) is 0 Å². The zero-order valence-corrected chi connectivity index (χ0v) is 11.2. The molecule has 0 radical (unpaired) electrons. The summed E-state index contributed by atoms with van der Waals surface area (Å²) in [6.07, 6.45) is 1.60. The van der Waals surface area contributed by atoms with Crippen molar-refractivity contribution in [2.24, 2.45) is 5.73 Å². The van der Waals surface area contributed by atoms with Gasteiger partial charge in [-0.3, -0.25) is 10.1 Å². The van der Waals surface area contributed by atoms with Crippen molar-refractivity contribution in [2.75, 3.05) is 0 Å². The molecule has 0 aromatic carbocycles. The minimum absolute atomic E-state index is 0.0524. The number of aromatic amines is 1. The van der Waals surface area contributed by atoms with Gasteiger partial charge in [-0.25, -0.2) is 13.1 Å². The topological polar surface area (TPSA) is 114 Å². The third-order valence-electron chi connectivity index (χ3n) is 2.66. The van der Waals surface area contributed by atoms with Gasteiger partial charge in [0, 0.05) is 24.0 Å². The molecule has 2 aromatic heterocycles. The fraction of sp³-hybridized carbons (Fsp3) is 0.273. The molecular weight excluding hydrogens is 266 g/mol. The minimum Gasteiger partial charge on any atom is -0.326 e. The van der Waals surface area contributed by atoms with E-state index in [1.807, 2.05) is 0 Å². The molecule has 8 heteroatoms. The number of nitrogens with zero attached hydrogens (tertiary/aromatic N) is 2. The van der Waals surface area contributed by atoms with Gasteiger partial charge < -0.3 is 5.73 Å². The molecule has 7 nitrogen and oxygen atoms in total. The standard InChI is InChI=1S/C11H15N5O2S/c1-8-10(6-12)11(16-15-8)19(17,18)14-7-9-4-2-3-5-13-9/h2-5,14H,6-7,12H2,1H3,(H,15,16). The van der Waals surface area contributed by atoms with E-state index in [-0.39, 0.29) is 18.1 Å². The first kappa shape index (κ1) is 13.7. The molecule has 0 aliphatic heterocycles. The fourth-order valence-electron chi connectivity index (χ4n) is 1.63. The Hall–Kier alpha value is -1.77. The van der Waals surface area contributed by atoms with E-state index in [2.05, 4.69) is 19.9 Å². The Morgan fingerprint density at radius 1 is 1.42 bits per heavy atom. The molecule has 2 rings (SSSR count). The highest BCUT2D eigenvalue weighted by molar-refractivity contribution is 7.89. The van der Waals surface area contributed by atoms with Gasteiger partial charge >= 0.3 is 0 Å². The summed E-state index contributed by atoms with van der Waals surface area (Å²) < 4.78 is 26.7. The van der Waals surface area contributed by atoms with Gasteiger partial charge in [-0.05, 0) is 19.1 Å². The maximum absolute atomic E-state index is 12.1.